The van der Waals surface area contributed by atoms with Crippen LogP contribution < -0.4 is 21.1 Å². The second-order valence-corrected chi connectivity index (χ2v) is 6.56. The van der Waals surface area contributed by atoms with Crippen molar-refractivity contribution < 1.29 is 4.74 Å². The average Bonchev–Trinajstić information content (AvgIpc) is 2.64. The van der Waals surface area contributed by atoms with E-state index in [2.05, 4.69) is 43.2 Å². The zero-order valence-electron chi connectivity index (χ0n) is 13.7. The number of aromatic nitrogens is 2. The maximum absolute atomic E-state index is 6.20. The number of nitrogen functional groups attached to an aromatic ring is 1. The Kier molecular flexibility index (Phi) is 5.54. The molecule has 0 spiro atoms. The molecule has 0 fully saturated rings. The summed E-state index contributed by atoms with van der Waals surface area (Å²) in [6.45, 7) is 0.605. The second-order valence-electron chi connectivity index (χ2n) is 5.32. The summed E-state index contributed by atoms with van der Waals surface area (Å²) in [6, 6.07) is 15.8. The monoisotopic (exact) mass is 447 g/mol. The van der Waals surface area contributed by atoms with Gasteiger partial charge in [0.25, 0.3) is 0 Å². The van der Waals surface area contributed by atoms with Crippen molar-refractivity contribution >= 4 is 45.6 Å². The second kappa shape index (κ2) is 8.02. The maximum atomic E-state index is 6.20. The van der Waals surface area contributed by atoms with Crippen LogP contribution in [-0.2, 0) is 6.54 Å². The lowest BCUT2D eigenvalue weighted by atomic mass is 10.2. The highest BCUT2D eigenvalue weighted by atomic mass is 127. The van der Waals surface area contributed by atoms with Crippen molar-refractivity contribution in [3.8, 4) is 5.75 Å². The summed E-state index contributed by atoms with van der Waals surface area (Å²) in [6.07, 6.45) is 1.49. The molecule has 7 heteroatoms. The van der Waals surface area contributed by atoms with Crippen LogP contribution in [0.3, 0.4) is 0 Å². The molecule has 6 nitrogen and oxygen atoms in total. The molecule has 128 valence electrons. The number of nitrogens with two attached hydrogens (primary N) is 1. The molecule has 0 aliphatic rings. The minimum absolute atomic E-state index is 0.481. The molecule has 4 N–H and O–H groups in total. The Morgan fingerprint density at radius 1 is 1.00 bits per heavy atom. The third-order valence-corrected chi connectivity index (χ3v) is 4.33. The number of benzene rings is 2. The van der Waals surface area contributed by atoms with Crippen LogP contribution in [0.4, 0.5) is 23.0 Å². The molecule has 25 heavy (non-hydrogen) atoms. The van der Waals surface area contributed by atoms with E-state index in [4.69, 9.17) is 10.5 Å². The van der Waals surface area contributed by atoms with Gasteiger partial charge in [0.05, 0.1) is 7.11 Å². The SMILES string of the molecule is COc1ccc(CNc2ncnc(Nc3ccc(I)cc3)c2N)cc1. The van der Waals surface area contributed by atoms with Gasteiger partial charge in [-0.3, -0.25) is 0 Å². The van der Waals surface area contributed by atoms with Gasteiger partial charge in [-0.15, -0.1) is 0 Å². The zero-order valence-corrected chi connectivity index (χ0v) is 15.8. The third-order valence-electron chi connectivity index (χ3n) is 3.61. The summed E-state index contributed by atoms with van der Waals surface area (Å²) in [5, 5.41) is 6.46. The smallest absolute Gasteiger partial charge is 0.159 e. The molecule has 0 aliphatic carbocycles. The Bertz CT molecular complexity index is 837. The Hall–Kier alpha value is -2.55. The summed E-state index contributed by atoms with van der Waals surface area (Å²) in [7, 11) is 1.65. The number of anilines is 4. The van der Waals surface area contributed by atoms with E-state index in [-0.39, 0.29) is 0 Å². The van der Waals surface area contributed by atoms with Crippen molar-refractivity contribution in [2.75, 3.05) is 23.5 Å². The van der Waals surface area contributed by atoms with E-state index in [0.717, 1.165) is 17.0 Å². The van der Waals surface area contributed by atoms with Crippen molar-refractivity contribution in [2.45, 2.75) is 6.54 Å². The molecule has 0 atom stereocenters. The quantitative estimate of drug-likeness (QED) is 0.495. The fourth-order valence-electron chi connectivity index (χ4n) is 2.24. The Morgan fingerprint density at radius 2 is 1.68 bits per heavy atom. The molecule has 0 saturated carbocycles. The number of rotatable bonds is 6. The van der Waals surface area contributed by atoms with E-state index >= 15 is 0 Å². The number of methoxy groups -OCH3 is 1. The molecule has 0 bridgehead atoms. The Balaban J connectivity index is 1.70. The predicted molar refractivity (Wildman–Crippen MR) is 109 cm³/mol. The van der Waals surface area contributed by atoms with Gasteiger partial charge >= 0.3 is 0 Å². The summed E-state index contributed by atoms with van der Waals surface area (Å²) >= 11 is 2.26. The topological polar surface area (TPSA) is 85.1 Å². The van der Waals surface area contributed by atoms with Gasteiger partial charge in [0, 0.05) is 15.8 Å². The van der Waals surface area contributed by atoms with Crippen molar-refractivity contribution in [1.29, 1.82) is 0 Å². The number of hydrogen-bond donors (Lipinski definition) is 3. The van der Waals surface area contributed by atoms with Gasteiger partial charge in [-0.25, -0.2) is 9.97 Å². The first-order chi connectivity index (χ1) is 12.2. The highest BCUT2D eigenvalue weighted by Crippen LogP contribution is 2.26. The highest BCUT2D eigenvalue weighted by Gasteiger charge is 2.08. The van der Waals surface area contributed by atoms with Crippen molar-refractivity contribution in [2.24, 2.45) is 0 Å². The first-order valence-corrected chi connectivity index (χ1v) is 8.73. The largest absolute Gasteiger partial charge is 0.497 e. The van der Waals surface area contributed by atoms with Crippen LogP contribution >= 0.6 is 22.6 Å². The van der Waals surface area contributed by atoms with E-state index in [1.807, 2.05) is 48.5 Å². The predicted octanol–water partition coefficient (Wildman–Crippen LogP) is 4.03. The fourth-order valence-corrected chi connectivity index (χ4v) is 2.59. The molecule has 0 amide bonds. The molecule has 0 unspecified atom stereocenters. The van der Waals surface area contributed by atoms with E-state index in [1.165, 1.54) is 9.90 Å². The van der Waals surface area contributed by atoms with E-state index in [9.17, 15) is 0 Å². The highest BCUT2D eigenvalue weighted by molar-refractivity contribution is 14.1. The van der Waals surface area contributed by atoms with Crippen molar-refractivity contribution in [3.05, 3.63) is 64.0 Å². The summed E-state index contributed by atoms with van der Waals surface area (Å²) in [5.41, 5.74) is 8.71. The van der Waals surface area contributed by atoms with Gasteiger partial charge in [-0.2, -0.15) is 0 Å². The lowest BCUT2D eigenvalue weighted by Crippen LogP contribution is -2.08. The van der Waals surface area contributed by atoms with Gasteiger partial charge in [0.1, 0.15) is 17.8 Å². The molecule has 2 aromatic carbocycles. The van der Waals surface area contributed by atoms with Gasteiger partial charge in [0.15, 0.2) is 11.6 Å². The van der Waals surface area contributed by atoms with Gasteiger partial charge in [-0.05, 0) is 64.6 Å². The van der Waals surface area contributed by atoms with Crippen LogP contribution in [0.25, 0.3) is 0 Å². The van der Waals surface area contributed by atoms with Crippen molar-refractivity contribution in [1.82, 2.24) is 9.97 Å². The van der Waals surface area contributed by atoms with E-state index < -0.39 is 0 Å². The van der Waals surface area contributed by atoms with Crippen LogP contribution in [-0.4, -0.2) is 17.1 Å². The molecule has 3 aromatic rings. The first kappa shape index (κ1) is 17.3. The van der Waals surface area contributed by atoms with Gasteiger partial charge in [0.2, 0.25) is 0 Å². The molecule has 1 aromatic heterocycles. The number of ether oxygens (including phenoxy) is 1. The molecule has 0 aliphatic heterocycles. The maximum Gasteiger partial charge on any atom is 0.159 e. The van der Waals surface area contributed by atoms with Crippen LogP contribution in [0.15, 0.2) is 54.9 Å². The first-order valence-electron chi connectivity index (χ1n) is 7.65. The molecule has 0 radical (unpaired) electrons. The molecule has 3 rings (SSSR count). The minimum Gasteiger partial charge on any atom is -0.497 e. The minimum atomic E-state index is 0.481. The van der Waals surface area contributed by atoms with Crippen molar-refractivity contribution in [3.63, 3.8) is 0 Å². The molecule has 0 saturated heterocycles. The number of nitrogens with one attached hydrogen (secondary N) is 2. The Labute approximate surface area is 160 Å². The van der Waals surface area contributed by atoms with Crippen LogP contribution in [0.5, 0.6) is 5.75 Å². The standard InChI is InChI=1S/C18H18IN5O/c1-25-15-8-2-12(3-9-15)10-21-17-16(20)18(23-11-22-17)24-14-6-4-13(19)5-7-14/h2-9,11H,10,20H2,1H3,(H2,21,22,23,24). The Morgan fingerprint density at radius 3 is 2.36 bits per heavy atom. The number of halogens is 1. The van der Waals surface area contributed by atoms with E-state index in [1.54, 1.807) is 7.11 Å². The van der Waals surface area contributed by atoms with E-state index in [0.29, 0.717) is 23.9 Å². The summed E-state index contributed by atoms with van der Waals surface area (Å²) in [5.74, 6) is 2.00. The van der Waals surface area contributed by atoms with Crippen LogP contribution in [0.2, 0.25) is 0 Å². The number of hydrogen-bond acceptors (Lipinski definition) is 6. The van der Waals surface area contributed by atoms with Gasteiger partial charge < -0.3 is 21.1 Å². The number of nitrogens with zero attached hydrogens (tertiary/aromatic N) is 2. The summed E-state index contributed by atoms with van der Waals surface area (Å²) in [4.78, 5) is 8.46. The lowest BCUT2D eigenvalue weighted by molar-refractivity contribution is 0.414. The summed E-state index contributed by atoms with van der Waals surface area (Å²) < 4.78 is 6.33. The van der Waals surface area contributed by atoms with Crippen LogP contribution in [0.1, 0.15) is 5.56 Å². The van der Waals surface area contributed by atoms with Gasteiger partial charge in [-0.1, -0.05) is 12.1 Å². The fraction of sp³-hybridized carbons (Fsp3) is 0.111. The lowest BCUT2D eigenvalue weighted by Gasteiger charge is -2.13. The molecular weight excluding hydrogens is 429 g/mol. The molecular formula is C18H18IN5O. The molecule has 1 heterocycles. The van der Waals surface area contributed by atoms with Crippen LogP contribution in [0, 0.1) is 3.57 Å². The zero-order chi connectivity index (χ0) is 17.6. The normalized spacial score (nSPS) is 10.3. The average molecular weight is 447 g/mol. The third kappa shape index (κ3) is 4.50.